The molecule has 2 amide bonds. The summed E-state index contributed by atoms with van der Waals surface area (Å²) in [5.74, 6) is -0.579. The molecule has 1 aliphatic heterocycles. The van der Waals surface area contributed by atoms with E-state index in [1.54, 1.807) is 0 Å². The zero-order valence-electron chi connectivity index (χ0n) is 8.69. The first kappa shape index (κ1) is 10.9. The zero-order valence-corrected chi connectivity index (χ0v) is 8.69. The van der Waals surface area contributed by atoms with E-state index in [-0.39, 0.29) is 17.9 Å². The van der Waals surface area contributed by atoms with Crippen molar-refractivity contribution < 1.29 is 14.3 Å². The standard InChI is InChI=1S/C10H15NO3/c1-4-10(14-7(2)3)11-8(12)5-6-9(11)13/h5-7,10H,4H2,1-3H3. The lowest BCUT2D eigenvalue weighted by Gasteiger charge is -2.26. The first-order valence-electron chi connectivity index (χ1n) is 4.77. The molecular formula is C10H15NO3. The van der Waals surface area contributed by atoms with Crippen LogP contribution in [0.3, 0.4) is 0 Å². The normalized spacial score (nSPS) is 18.4. The van der Waals surface area contributed by atoms with E-state index in [4.69, 9.17) is 4.74 Å². The van der Waals surface area contributed by atoms with E-state index in [0.29, 0.717) is 6.42 Å². The second-order valence-electron chi connectivity index (χ2n) is 3.43. The fourth-order valence-electron chi connectivity index (χ4n) is 1.35. The maximum atomic E-state index is 11.3. The molecule has 1 atom stereocenters. The lowest BCUT2D eigenvalue weighted by atomic mass is 10.3. The van der Waals surface area contributed by atoms with Crippen LogP contribution in [0.1, 0.15) is 27.2 Å². The second kappa shape index (κ2) is 4.37. The van der Waals surface area contributed by atoms with Gasteiger partial charge in [-0.05, 0) is 20.3 Å². The quantitative estimate of drug-likeness (QED) is 0.633. The van der Waals surface area contributed by atoms with Crippen LogP contribution in [0.2, 0.25) is 0 Å². The molecule has 0 bridgehead atoms. The number of hydrogen-bond acceptors (Lipinski definition) is 3. The highest BCUT2D eigenvalue weighted by atomic mass is 16.5. The Labute approximate surface area is 83.5 Å². The van der Waals surface area contributed by atoms with Gasteiger partial charge < -0.3 is 4.74 Å². The van der Waals surface area contributed by atoms with E-state index in [0.717, 1.165) is 4.90 Å². The monoisotopic (exact) mass is 197 g/mol. The number of rotatable bonds is 4. The van der Waals surface area contributed by atoms with Crippen molar-refractivity contribution in [1.82, 2.24) is 4.90 Å². The van der Waals surface area contributed by atoms with E-state index in [9.17, 15) is 9.59 Å². The number of hydrogen-bond donors (Lipinski definition) is 0. The van der Waals surface area contributed by atoms with Crippen LogP contribution in [0.5, 0.6) is 0 Å². The molecule has 0 N–H and O–H groups in total. The van der Waals surface area contributed by atoms with Gasteiger partial charge in [0.25, 0.3) is 11.8 Å². The molecule has 1 heterocycles. The molecule has 0 spiro atoms. The molecule has 0 aromatic carbocycles. The zero-order chi connectivity index (χ0) is 10.7. The van der Waals surface area contributed by atoms with Crippen molar-refractivity contribution in [2.45, 2.75) is 39.5 Å². The van der Waals surface area contributed by atoms with Crippen LogP contribution in [0.15, 0.2) is 12.2 Å². The van der Waals surface area contributed by atoms with Gasteiger partial charge in [0.1, 0.15) is 6.23 Å². The van der Waals surface area contributed by atoms with Gasteiger partial charge in [-0.2, -0.15) is 0 Å². The van der Waals surface area contributed by atoms with Gasteiger partial charge >= 0.3 is 0 Å². The van der Waals surface area contributed by atoms with Crippen LogP contribution < -0.4 is 0 Å². The molecule has 0 saturated heterocycles. The van der Waals surface area contributed by atoms with Crippen molar-refractivity contribution in [3.8, 4) is 0 Å². The predicted octanol–water partition coefficient (Wildman–Crippen LogP) is 1.07. The molecule has 0 saturated carbocycles. The largest absolute Gasteiger partial charge is 0.355 e. The summed E-state index contributed by atoms with van der Waals surface area (Å²) in [7, 11) is 0. The fourth-order valence-corrected chi connectivity index (χ4v) is 1.35. The van der Waals surface area contributed by atoms with Crippen molar-refractivity contribution in [2.24, 2.45) is 0 Å². The Morgan fingerprint density at radius 2 is 1.79 bits per heavy atom. The molecule has 1 unspecified atom stereocenters. The van der Waals surface area contributed by atoms with Crippen LogP contribution in [0.25, 0.3) is 0 Å². The average molecular weight is 197 g/mol. The first-order chi connectivity index (χ1) is 6.56. The molecule has 0 fully saturated rings. The molecule has 78 valence electrons. The smallest absolute Gasteiger partial charge is 0.255 e. The Morgan fingerprint density at radius 1 is 1.29 bits per heavy atom. The van der Waals surface area contributed by atoms with Gasteiger partial charge in [-0.3, -0.25) is 9.59 Å². The third kappa shape index (κ3) is 2.20. The first-order valence-corrected chi connectivity index (χ1v) is 4.77. The molecule has 1 aliphatic rings. The van der Waals surface area contributed by atoms with Gasteiger partial charge in [0.05, 0.1) is 6.10 Å². The number of nitrogens with zero attached hydrogens (tertiary/aromatic N) is 1. The summed E-state index contributed by atoms with van der Waals surface area (Å²) in [4.78, 5) is 23.8. The summed E-state index contributed by atoms with van der Waals surface area (Å²) in [6.45, 7) is 5.63. The third-order valence-corrected chi connectivity index (χ3v) is 1.91. The molecular weight excluding hydrogens is 182 g/mol. The minimum atomic E-state index is -0.440. The topological polar surface area (TPSA) is 46.6 Å². The lowest BCUT2D eigenvalue weighted by Crippen LogP contribution is -2.42. The highest BCUT2D eigenvalue weighted by Gasteiger charge is 2.31. The molecule has 1 rings (SSSR count). The van der Waals surface area contributed by atoms with Crippen LogP contribution in [0.4, 0.5) is 0 Å². The van der Waals surface area contributed by atoms with Crippen molar-refractivity contribution >= 4 is 11.8 Å². The summed E-state index contributed by atoms with van der Waals surface area (Å²) in [6, 6.07) is 0. The number of imide groups is 1. The van der Waals surface area contributed by atoms with E-state index >= 15 is 0 Å². The van der Waals surface area contributed by atoms with Crippen molar-refractivity contribution in [1.29, 1.82) is 0 Å². The number of carbonyl (C=O) groups excluding carboxylic acids is 2. The highest BCUT2D eigenvalue weighted by Crippen LogP contribution is 2.14. The highest BCUT2D eigenvalue weighted by molar-refractivity contribution is 6.13. The van der Waals surface area contributed by atoms with Gasteiger partial charge in [-0.1, -0.05) is 6.92 Å². The van der Waals surface area contributed by atoms with Crippen LogP contribution in [-0.2, 0) is 14.3 Å². The van der Waals surface area contributed by atoms with Gasteiger partial charge in [-0.15, -0.1) is 0 Å². The maximum absolute atomic E-state index is 11.3. The van der Waals surface area contributed by atoms with Gasteiger partial charge in [-0.25, -0.2) is 4.90 Å². The SMILES string of the molecule is CCC(OC(C)C)N1C(=O)C=CC1=O. The molecule has 0 aromatic rings. The summed E-state index contributed by atoms with van der Waals surface area (Å²) in [6.07, 6.45) is 2.71. The van der Waals surface area contributed by atoms with E-state index in [1.807, 2.05) is 20.8 Å². The minimum Gasteiger partial charge on any atom is -0.355 e. The number of carbonyl (C=O) groups is 2. The van der Waals surface area contributed by atoms with Crippen LogP contribution >= 0.6 is 0 Å². The number of ether oxygens (including phenoxy) is 1. The molecule has 0 radical (unpaired) electrons. The maximum Gasteiger partial charge on any atom is 0.255 e. The van der Waals surface area contributed by atoms with Gasteiger partial charge in [0.15, 0.2) is 0 Å². The molecule has 14 heavy (non-hydrogen) atoms. The van der Waals surface area contributed by atoms with E-state index in [1.165, 1.54) is 12.2 Å². The lowest BCUT2D eigenvalue weighted by molar-refractivity contribution is -0.156. The summed E-state index contributed by atoms with van der Waals surface area (Å²) in [5, 5.41) is 0. The molecule has 0 aliphatic carbocycles. The molecule has 0 aromatic heterocycles. The predicted molar refractivity (Wildman–Crippen MR) is 51.3 cm³/mol. The second-order valence-corrected chi connectivity index (χ2v) is 3.43. The van der Waals surface area contributed by atoms with Crippen molar-refractivity contribution in [3.63, 3.8) is 0 Å². The Hall–Kier alpha value is -1.16. The average Bonchev–Trinajstić information content (AvgIpc) is 2.43. The Kier molecular flexibility index (Phi) is 3.41. The Bertz CT molecular complexity index is 253. The Morgan fingerprint density at radius 3 is 2.14 bits per heavy atom. The van der Waals surface area contributed by atoms with Crippen molar-refractivity contribution in [3.05, 3.63) is 12.2 Å². The van der Waals surface area contributed by atoms with Gasteiger partial charge in [0.2, 0.25) is 0 Å². The summed E-state index contributed by atoms with van der Waals surface area (Å²) in [5.41, 5.74) is 0. The van der Waals surface area contributed by atoms with Crippen LogP contribution in [0, 0.1) is 0 Å². The van der Waals surface area contributed by atoms with Crippen LogP contribution in [-0.4, -0.2) is 29.0 Å². The Balaban J connectivity index is 2.69. The summed E-state index contributed by atoms with van der Waals surface area (Å²) >= 11 is 0. The molecule has 4 heteroatoms. The third-order valence-electron chi connectivity index (χ3n) is 1.91. The summed E-state index contributed by atoms with van der Waals surface area (Å²) < 4.78 is 5.47. The molecule has 4 nitrogen and oxygen atoms in total. The minimum absolute atomic E-state index is 0.00106. The van der Waals surface area contributed by atoms with E-state index < -0.39 is 6.23 Å². The van der Waals surface area contributed by atoms with E-state index in [2.05, 4.69) is 0 Å². The fraction of sp³-hybridized carbons (Fsp3) is 0.600. The number of amides is 2. The van der Waals surface area contributed by atoms with Crippen molar-refractivity contribution in [2.75, 3.05) is 0 Å². The van der Waals surface area contributed by atoms with Gasteiger partial charge in [0, 0.05) is 12.2 Å².